The minimum atomic E-state index is -0.887. The molecule has 2 N–H and O–H groups in total. The van der Waals surface area contributed by atoms with E-state index in [2.05, 4.69) is 46.4 Å². The van der Waals surface area contributed by atoms with Gasteiger partial charge in [0.15, 0.2) is 0 Å². The molecular formula is C19H32N4O2. The lowest BCUT2D eigenvalue weighted by atomic mass is 10.0. The maximum atomic E-state index is 12.1. The normalized spacial score (nSPS) is 19.6. The van der Waals surface area contributed by atoms with Crippen molar-refractivity contribution in [3.63, 3.8) is 0 Å². The van der Waals surface area contributed by atoms with Crippen molar-refractivity contribution in [2.24, 2.45) is 0 Å². The van der Waals surface area contributed by atoms with E-state index in [0.29, 0.717) is 19.1 Å². The van der Waals surface area contributed by atoms with Crippen LogP contribution < -0.4 is 5.32 Å². The molecule has 1 atom stereocenters. The fourth-order valence-electron chi connectivity index (χ4n) is 3.31. The number of aliphatic hydroxyl groups is 1. The Morgan fingerprint density at radius 2 is 2.00 bits per heavy atom. The van der Waals surface area contributed by atoms with Gasteiger partial charge in [0.2, 0.25) is 0 Å². The maximum absolute atomic E-state index is 12.1. The molecular weight excluding hydrogens is 316 g/mol. The van der Waals surface area contributed by atoms with Crippen LogP contribution in [0.1, 0.15) is 25.5 Å². The van der Waals surface area contributed by atoms with Gasteiger partial charge in [-0.3, -0.25) is 4.90 Å². The Morgan fingerprint density at radius 3 is 2.64 bits per heavy atom. The second-order valence-corrected chi connectivity index (χ2v) is 7.63. The molecule has 0 unspecified atom stereocenters. The highest BCUT2D eigenvalue weighted by atomic mass is 16.3. The van der Waals surface area contributed by atoms with E-state index in [0.717, 1.165) is 26.2 Å². The summed E-state index contributed by atoms with van der Waals surface area (Å²) in [6.07, 6.45) is 0. The molecule has 1 fully saturated rings. The molecule has 25 heavy (non-hydrogen) atoms. The highest BCUT2D eigenvalue weighted by Crippen LogP contribution is 2.24. The van der Waals surface area contributed by atoms with Gasteiger partial charge in [0.1, 0.15) is 0 Å². The van der Waals surface area contributed by atoms with Crippen LogP contribution in [0, 0.1) is 0 Å². The molecule has 0 aromatic heterocycles. The average molecular weight is 348 g/mol. The quantitative estimate of drug-likeness (QED) is 0.816. The van der Waals surface area contributed by atoms with Gasteiger partial charge in [-0.1, -0.05) is 30.3 Å². The topological polar surface area (TPSA) is 59.0 Å². The Balaban J connectivity index is 1.87. The summed E-state index contributed by atoms with van der Waals surface area (Å²) in [4.78, 5) is 18.5. The smallest absolute Gasteiger partial charge is 0.317 e. The van der Waals surface area contributed by atoms with Gasteiger partial charge in [-0.15, -0.1) is 0 Å². The third kappa shape index (κ3) is 6.30. The SMILES string of the molecule is CN1CCN(CCNC(=O)N(C)CC(C)(C)O)[C@H](c2ccccc2)C1. The molecule has 1 saturated heterocycles. The average Bonchev–Trinajstić information content (AvgIpc) is 2.55. The molecule has 1 aromatic rings. The van der Waals surface area contributed by atoms with Gasteiger partial charge in [0.05, 0.1) is 12.1 Å². The number of hydrogen-bond acceptors (Lipinski definition) is 4. The lowest BCUT2D eigenvalue weighted by molar-refractivity contribution is 0.0527. The second-order valence-electron chi connectivity index (χ2n) is 7.63. The molecule has 1 aliphatic heterocycles. The molecule has 2 amide bonds. The van der Waals surface area contributed by atoms with Crippen LogP contribution in [0.4, 0.5) is 4.79 Å². The van der Waals surface area contributed by atoms with Crippen LogP contribution >= 0.6 is 0 Å². The van der Waals surface area contributed by atoms with Crippen LogP contribution in [0.5, 0.6) is 0 Å². The number of piperazine rings is 1. The predicted molar refractivity (Wildman–Crippen MR) is 101 cm³/mol. The predicted octanol–water partition coefficient (Wildman–Crippen LogP) is 1.39. The van der Waals surface area contributed by atoms with Gasteiger partial charge >= 0.3 is 6.03 Å². The van der Waals surface area contributed by atoms with E-state index in [4.69, 9.17) is 0 Å². The first kappa shape index (κ1) is 19.7. The number of rotatable bonds is 6. The van der Waals surface area contributed by atoms with E-state index < -0.39 is 5.60 Å². The summed E-state index contributed by atoms with van der Waals surface area (Å²) in [6, 6.07) is 10.8. The fraction of sp³-hybridized carbons (Fsp3) is 0.632. The molecule has 1 aromatic carbocycles. The Labute approximate surface area is 151 Å². The van der Waals surface area contributed by atoms with Crippen molar-refractivity contribution < 1.29 is 9.90 Å². The number of amides is 2. The highest BCUT2D eigenvalue weighted by Gasteiger charge is 2.26. The second kappa shape index (κ2) is 8.65. The number of carbonyl (C=O) groups is 1. The van der Waals surface area contributed by atoms with Crippen LogP contribution in [0.25, 0.3) is 0 Å². The van der Waals surface area contributed by atoms with Gasteiger partial charge in [-0.05, 0) is 26.5 Å². The van der Waals surface area contributed by atoms with Crippen LogP contribution in [0.3, 0.4) is 0 Å². The third-order valence-electron chi connectivity index (χ3n) is 4.52. The number of urea groups is 1. The maximum Gasteiger partial charge on any atom is 0.317 e. The van der Waals surface area contributed by atoms with Crippen LogP contribution in [0.2, 0.25) is 0 Å². The van der Waals surface area contributed by atoms with E-state index in [-0.39, 0.29) is 6.03 Å². The van der Waals surface area contributed by atoms with Gasteiger partial charge in [0.25, 0.3) is 0 Å². The third-order valence-corrected chi connectivity index (χ3v) is 4.52. The summed E-state index contributed by atoms with van der Waals surface area (Å²) >= 11 is 0. The van der Waals surface area contributed by atoms with Gasteiger partial charge in [-0.25, -0.2) is 4.79 Å². The Kier molecular flexibility index (Phi) is 6.81. The van der Waals surface area contributed by atoms with Crippen molar-refractivity contribution in [1.29, 1.82) is 0 Å². The highest BCUT2D eigenvalue weighted by molar-refractivity contribution is 5.73. The number of nitrogens with one attached hydrogen (secondary N) is 1. The van der Waals surface area contributed by atoms with Crippen molar-refractivity contribution >= 4 is 6.03 Å². The van der Waals surface area contributed by atoms with Crippen molar-refractivity contribution in [3.8, 4) is 0 Å². The Hall–Kier alpha value is -1.63. The number of likely N-dealkylation sites (N-methyl/N-ethyl adjacent to an activating group) is 2. The zero-order chi connectivity index (χ0) is 18.4. The summed E-state index contributed by atoms with van der Waals surface area (Å²) < 4.78 is 0. The Bertz CT molecular complexity index is 544. The van der Waals surface area contributed by atoms with Crippen LogP contribution in [-0.2, 0) is 0 Å². The fourth-order valence-corrected chi connectivity index (χ4v) is 3.31. The first-order chi connectivity index (χ1) is 11.8. The van der Waals surface area contributed by atoms with E-state index in [1.54, 1.807) is 20.9 Å². The zero-order valence-corrected chi connectivity index (χ0v) is 15.9. The summed E-state index contributed by atoms with van der Waals surface area (Å²) in [5, 5.41) is 12.8. The number of benzene rings is 1. The zero-order valence-electron chi connectivity index (χ0n) is 15.9. The van der Waals surface area contributed by atoms with Gasteiger partial charge in [-0.2, -0.15) is 0 Å². The summed E-state index contributed by atoms with van der Waals surface area (Å²) in [5.74, 6) is 0. The summed E-state index contributed by atoms with van der Waals surface area (Å²) in [7, 11) is 3.86. The van der Waals surface area contributed by atoms with E-state index in [1.807, 2.05) is 6.07 Å². The van der Waals surface area contributed by atoms with Crippen LogP contribution in [0.15, 0.2) is 30.3 Å². The van der Waals surface area contributed by atoms with E-state index in [9.17, 15) is 9.90 Å². The summed E-state index contributed by atoms with van der Waals surface area (Å²) in [5.41, 5.74) is 0.432. The van der Waals surface area contributed by atoms with Crippen molar-refractivity contribution in [3.05, 3.63) is 35.9 Å². The molecule has 6 heteroatoms. The largest absolute Gasteiger partial charge is 0.389 e. The molecule has 0 saturated carbocycles. The first-order valence-electron chi connectivity index (χ1n) is 8.95. The number of hydrogen-bond donors (Lipinski definition) is 2. The minimum Gasteiger partial charge on any atom is -0.389 e. The minimum absolute atomic E-state index is 0.146. The number of carbonyl (C=O) groups excluding carboxylic acids is 1. The standard InChI is InChI=1S/C19H32N4O2/c1-19(2,25)15-22(4)18(24)20-10-11-23-13-12-21(3)14-17(23)16-8-6-5-7-9-16/h5-9,17,25H,10-15H2,1-4H3,(H,20,24)/t17-/m0/s1. The molecule has 0 spiro atoms. The van der Waals surface area contributed by atoms with Crippen molar-refractivity contribution in [2.45, 2.75) is 25.5 Å². The number of nitrogens with zero attached hydrogens (tertiary/aromatic N) is 3. The van der Waals surface area contributed by atoms with E-state index in [1.165, 1.54) is 10.5 Å². The lowest BCUT2D eigenvalue weighted by Gasteiger charge is -2.40. The Morgan fingerprint density at radius 1 is 1.32 bits per heavy atom. The molecule has 1 heterocycles. The molecule has 1 aliphatic rings. The van der Waals surface area contributed by atoms with Crippen molar-refractivity contribution in [1.82, 2.24) is 20.0 Å². The molecule has 140 valence electrons. The monoisotopic (exact) mass is 348 g/mol. The van der Waals surface area contributed by atoms with Crippen LogP contribution in [-0.4, -0.2) is 84.8 Å². The molecule has 0 aliphatic carbocycles. The molecule has 2 rings (SSSR count). The van der Waals surface area contributed by atoms with Gasteiger partial charge in [0, 0.05) is 45.8 Å². The first-order valence-corrected chi connectivity index (χ1v) is 8.95. The summed E-state index contributed by atoms with van der Waals surface area (Å²) in [6.45, 7) is 8.15. The van der Waals surface area contributed by atoms with Crippen molar-refractivity contribution in [2.75, 3.05) is 53.4 Å². The molecule has 0 bridgehead atoms. The van der Waals surface area contributed by atoms with Gasteiger partial charge < -0.3 is 20.2 Å². The lowest BCUT2D eigenvalue weighted by Crippen LogP contribution is -2.50. The molecule has 0 radical (unpaired) electrons. The molecule has 6 nitrogen and oxygen atoms in total. The van der Waals surface area contributed by atoms with E-state index >= 15 is 0 Å².